The normalized spacial score (nSPS) is 10.0. The molecule has 0 heterocycles. The van der Waals surface area contributed by atoms with Crippen molar-refractivity contribution in [3.8, 4) is 5.75 Å². The molecule has 2 heteroatoms. The molecule has 3 aromatic rings. The van der Waals surface area contributed by atoms with Gasteiger partial charge in [0.2, 0.25) is 0 Å². The SMILES string of the molecule is Brc1ccccc1OC=C(c1ccccc1)c1ccccc1. The number of rotatable bonds is 4. The second kappa shape index (κ2) is 7.10. The number of para-hydroxylation sites is 1. The minimum Gasteiger partial charge on any atom is -0.463 e. The third kappa shape index (κ3) is 3.46. The zero-order chi connectivity index (χ0) is 15.2. The number of halogens is 1. The average molecular weight is 351 g/mol. The fourth-order valence-corrected chi connectivity index (χ4v) is 2.58. The van der Waals surface area contributed by atoms with Gasteiger partial charge in [0, 0.05) is 5.57 Å². The summed E-state index contributed by atoms with van der Waals surface area (Å²) in [6.45, 7) is 0. The first-order valence-corrected chi connectivity index (χ1v) is 7.86. The molecule has 1 nitrogen and oxygen atoms in total. The van der Waals surface area contributed by atoms with Crippen molar-refractivity contribution in [3.05, 3.63) is 107 Å². The van der Waals surface area contributed by atoms with E-state index < -0.39 is 0 Å². The number of benzene rings is 3. The van der Waals surface area contributed by atoms with Crippen LogP contribution in [0.4, 0.5) is 0 Å². The van der Waals surface area contributed by atoms with Crippen LogP contribution in [0.3, 0.4) is 0 Å². The Hall–Kier alpha value is -2.32. The molecule has 0 saturated heterocycles. The van der Waals surface area contributed by atoms with E-state index in [-0.39, 0.29) is 0 Å². The summed E-state index contributed by atoms with van der Waals surface area (Å²) in [6, 6.07) is 28.3. The zero-order valence-electron chi connectivity index (χ0n) is 11.9. The van der Waals surface area contributed by atoms with Crippen LogP contribution in [0.15, 0.2) is 95.7 Å². The maximum atomic E-state index is 5.90. The second-order valence-electron chi connectivity index (χ2n) is 4.81. The van der Waals surface area contributed by atoms with Gasteiger partial charge in [-0.3, -0.25) is 0 Å². The molecule has 0 spiro atoms. The van der Waals surface area contributed by atoms with Crippen molar-refractivity contribution in [2.24, 2.45) is 0 Å². The van der Waals surface area contributed by atoms with Crippen molar-refractivity contribution < 1.29 is 4.74 Å². The molecule has 22 heavy (non-hydrogen) atoms. The van der Waals surface area contributed by atoms with E-state index in [1.165, 1.54) is 0 Å². The monoisotopic (exact) mass is 350 g/mol. The van der Waals surface area contributed by atoms with Gasteiger partial charge < -0.3 is 4.74 Å². The van der Waals surface area contributed by atoms with Crippen molar-refractivity contribution in [3.63, 3.8) is 0 Å². The lowest BCUT2D eigenvalue weighted by Gasteiger charge is -2.10. The van der Waals surface area contributed by atoms with E-state index in [9.17, 15) is 0 Å². The van der Waals surface area contributed by atoms with Crippen LogP contribution in [0.25, 0.3) is 5.57 Å². The molecular weight excluding hydrogens is 336 g/mol. The van der Waals surface area contributed by atoms with Gasteiger partial charge in [0.1, 0.15) is 5.75 Å². The molecule has 0 unspecified atom stereocenters. The molecule has 0 N–H and O–H groups in total. The smallest absolute Gasteiger partial charge is 0.140 e. The van der Waals surface area contributed by atoms with Gasteiger partial charge in [-0.05, 0) is 39.2 Å². The molecule has 0 aliphatic rings. The molecule has 0 saturated carbocycles. The van der Waals surface area contributed by atoms with Crippen molar-refractivity contribution in [2.75, 3.05) is 0 Å². The molecule has 0 bridgehead atoms. The van der Waals surface area contributed by atoms with Gasteiger partial charge in [-0.25, -0.2) is 0 Å². The van der Waals surface area contributed by atoms with Crippen LogP contribution in [-0.2, 0) is 0 Å². The molecule has 0 aliphatic heterocycles. The summed E-state index contributed by atoms with van der Waals surface area (Å²) in [5, 5.41) is 0. The Kier molecular flexibility index (Phi) is 4.71. The van der Waals surface area contributed by atoms with E-state index in [0.29, 0.717) is 0 Å². The Morgan fingerprint density at radius 2 is 1.18 bits per heavy atom. The lowest BCUT2D eigenvalue weighted by Crippen LogP contribution is -1.92. The minimum absolute atomic E-state index is 0.798. The highest BCUT2D eigenvalue weighted by Gasteiger charge is 2.06. The van der Waals surface area contributed by atoms with Gasteiger partial charge >= 0.3 is 0 Å². The van der Waals surface area contributed by atoms with Crippen LogP contribution in [0.1, 0.15) is 11.1 Å². The average Bonchev–Trinajstić information content (AvgIpc) is 2.59. The molecule has 0 atom stereocenters. The van der Waals surface area contributed by atoms with Gasteiger partial charge in [0.25, 0.3) is 0 Å². The zero-order valence-corrected chi connectivity index (χ0v) is 13.5. The molecule has 0 aliphatic carbocycles. The summed E-state index contributed by atoms with van der Waals surface area (Å²) in [4.78, 5) is 0. The van der Waals surface area contributed by atoms with Crippen LogP contribution in [0.2, 0.25) is 0 Å². The van der Waals surface area contributed by atoms with Crippen molar-refractivity contribution in [2.45, 2.75) is 0 Å². The summed E-state index contributed by atoms with van der Waals surface area (Å²) in [5.74, 6) is 0.798. The van der Waals surface area contributed by atoms with Crippen molar-refractivity contribution in [1.82, 2.24) is 0 Å². The lowest BCUT2D eigenvalue weighted by atomic mass is 9.99. The Labute approximate surface area is 139 Å². The summed E-state index contributed by atoms with van der Waals surface area (Å²) in [7, 11) is 0. The van der Waals surface area contributed by atoms with Gasteiger partial charge in [0.05, 0.1) is 10.7 Å². The highest BCUT2D eigenvalue weighted by atomic mass is 79.9. The fraction of sp³-hybridized carbons (Fsp3) is 0. The molecule has 0 radical (unpaired) electrons. The van der Waals surface area contributed by atoms with Crippen LogP contribution in [0.5, 0.6) is 5.75 Å². The van der Waals surface area contributed by atoms with Crippen LogP contribution >= 0.6 is 15.9 Å². The minimum atomic E-state index is 0.798. The van der Waals surface area contributed by atoms with E-state index in [4.69, 9.17) is 4.74 Å². The third-order valence-electron chi connectivity index (χ3n) is 3.31. The van der Waals surface area contributed by atoms with E-state index in [2.05, 4.69) is 40.2 Å². The highest BCUT2D eigenvalue weighted by molar-refractivity contribution is 9.10. The second-order valence-corrected chi connectivity index (χ2v) is 5.67. The van der Waals surface area contributed by atoms with E-state index in [0.717, 1.165) is 26.9 Å². The summed E-state index contributed by atoms with van der Waals surface area (Å²) < 4.78 is 6.84. The molecule has 0 amide bonds. The van der Waals surface area contributed by atoms with Crippen molar-refractivity contribution >= 4 is 21.5 Å². The molecule has 3 rings (SSSR count). The van der Waals surface area contributed by atoms with E-state index in [1.54, 1.807) is 0 Å². The molecule has 108 valence electrons. The Morgan fingerprint density at radius 1 is 0.682 bits per heavy atom. The molecule has 0 aromatic heterocycles. The first-order chi connectivity index (χ1) is 10.8. The molecule has 0 fully saturated rings. The predicted molar refractivity (Wildman–Crippen MR) is 94.7 cm³/mol. The Bertz CT molecular complexity index is 722. The van der Waals surface area contributed by atoms with Crippen LogP contribution < -0.4 is 4.74 Å². The number of hydrogen-bond acceptors (Lipinski definition) is 1. The topological polar surface area (TPSA) is 9.23 Å². The Morgan fingerprint density at radius 3 is 1.73 bits per heavy atom. The Balaban J connectivity index is 1.99. The summed E-state index contributed by atoms with van der Waals surface area (Å²) in [6.07, 6.45) is 1.81. The van der Waals surface area contributed by atoms with E-state index in [1.807, 2.05) is 66.9 Å². The maximum Gasteiger partial charge on any atom is 0.140 e. The largest absolute Gasteiger partial charge is 0.463 e. The van der Waals surface area contributed by atoms with Gasteiger partial charge in [-0.2, -0.15) is 0 Å². The number of hydrogen-bond donors (Lipinski definition) is 0. The summed E-state index contributed by atoms with van der Waals surface area (Å²) in [5.41, 5.74) is 3.30. The van der Waals surface area contributed by atoms with Gasteiger partial charge in [0.15, 0.2) is 0 Å². The quantitative estimate of drug-likeness (QED) is 0.531. The first kappa shape index (κ1) is 14.6. The maximum absolute atomic E-state index is 5.90. The summed E-state index contributed by atoms with van der Waals surface area (Å²) >= 11 is 3.50. The first-order valence-electron chi connectivity index (χ1n) is 7.07. The predicted octanol–water partition coefficient (Wildman–Crippen LogP) is 5.92. The van der Waals surface area contributed by atoms with Gasteiger partial charge in [-0.15, -0.1) is 0 Å². The third-order valence-corrected chi connectivity index (χ3v) is 3.97. The van der Waals surface area contributed by atoms with Crippen LogP contribution in [-0.4, -0.2) is 0 Å². The molecular formula is C20H15BrO. The van der Waals surface area contributed by atoms with Crippen molar-refractivity contribution in [1.29, 1.82) is 0 Å². The molecule has 3 aromatic carbocycles. The highest BCUT2D eigenvalue weighted by Crippen LogP contribution is 2.27. The fourth-order valence-electron chi connectivity index (χ4n) is 2.20. The lowest BCUT2D eigenvalue weighted by molar-refractivity contribution is 0.480. The van der Waals surface area contributed by atoms with E-state index >= 15 is 0 Å². The van der Waals surface area contributed by atoms with Crippen LogP contribution in [0, 0.1) is 0 Å². The number of ether oxygens (including phenoxy) is 1. The standard InChI is InChI=1S/C20H15BrO/c21-19-13-7-8-14-20(19)22-15-18(16-9-3-1-4-10-16)17-11-5-2-6-12-17/h1-15H. The van der Waals surface area contributed by atoms with Gasteiger partial charge in [-0.1, -0.05) is 72.8 Å².